The van der Waals surface area contributed by atoms with Gasteiger partial charge < -0.3 is 14.8 Å². The van der Waals surface area contributed by atoms with Crippen LogP contribution in [-0.2, 0) is 0 Å². The summed E-state index contributed by atoms with van der Waals surface area (Å²) < 4.78 is 11.3. The quantitative estimate of drug-likeness (QED) is 0.884. The summed E-state index contributed by atoms with van der Waals surface area (Å²) in [6.07, 6.45) is 2.33. The molecular formula is C17H27NO2. The van der Waals surface area contributed by atoms with Crippen molar-refractivity contribution in [3.05, 3.63) is 23.8 Å². The fourth-order valence-electron chi connectivity index (χ4n) is 2.49. The Morgan fingerprint density at radius 3 is 2.50 bits per heavy atom. The normalized spacial score (nSPS) is 16.0. The van der Waals surface area contributed by atoms with E-state index in [4.69, 9.17) is 9.47 Å². The van der Waals surface area contributed by atoms with Gasteiger partial charge in [0.25, 0.3) is 0 Å². The summed E-state index contributed by atoms with van der Waals surface area (Å²) in [5.41, 5.74) is 1.65. The highest BCUT2D eigenvalue weighted by atomic mass is 16.6. The van der Waals surface area contributed by atoms with Gasteiger partial charge in [-0.05, 0) is 42.5 Å². The smallest absolute Gasteiger partial charge is 0.161 e. The average Bonchev–Trinajstić information content (AvgIpc) is 2.42. The summed E-state index contributed by atoms with van der Waals surface area (Å²) in [5, 5.41) is 3.58. The van der Waals surface area contributed by atoms with E-state index >= 15 is 0 Å². The zero-order valence-electron chi connectivity index (χ0n) is 13.2. The van der Waals surface area contributed by atoms with Crippen LogP contribution >= 0.6 is 0 Å². The van der Waals surface area contributed by atoms with Crippen molar-refractivity contribution in [1.82, 2.24) is 5.32 Å². The van der Waals surface area contributed by atoms with Gasteiger partial charge in [0.05, 0.1) is 0 Å². The van der Waals surface area contributed by atoms with Gasteiger partial charge in [-0.25, -0.2) is 0 Å². The van der Waals surface area contributed by atoms with E-state index < -0.39 is 0 Å². The Bertz CT molecular complexity index is 437. The van der Waals surface area contributed by atoms with Crippen LogP contribution in [0.25, 0.3) is 0 Å². The fourth-order valence-corrected chi connectivity index (χ4v) is 2.49. The highest BCUT2D eigenvalue weighted by Crippen LogP contribution is 2.34. The lowest BCUT2D eigenvalue weighted by atomic mass is 9.87. The summed E-state index contributed by atoms with van der Waals surface area (Å²) in [4.78, 5) is 0. The summed E-state index contributed by atoms with van der Waals surface area (Å²) in [6.45, 7) is 11.3. The van der Waals surface area contributed by atoms with E-state index in [1.165, 1.54) is 12.0 Å². The Hall–Kier alpha value is -1.22. The van der Waals surface area contributed by atoms with Crippen LogP contribution in [0.15, 0.2) is 18.2 Å². The maximum Gasteiger partial charge on any atom is 0.161 e. The van der Waals surface area contributed by atoms with Crippen LogP contribution in [0.5, 0.6) is 11.5 Å². The van der Waals surface area contributed by atoms with E-state index in [1.807, 2.05) is 6.07 Å². The zero-order chi connectivity index (χ0) is 14.6. The van der Waals surface area contributed by atoms with Crippen LogP contribution in [0.4, 0.5) is 0 Å². The topological polar surface area (TPSA) is 30.5 Å². The van der Waals surface area contributed by atoms with Crippen molar-refractivity contribution in [1.29, 1.82) is 0 Å². The maximum atomic E-state index is 5.69. The molecule has 0 amide bonds. The second-order valence-corrected chi connectivity index (χ2v) is 6.61. The predicted molar refractivity (Wildman–Crippen MR) is 82.5 cm³/mol. The van der Waals surface area contributed by atoms with E-state index in [0.29, 0.717) is 24.7 Å². The fraction of sp³-hybridized carbons (Fsp3) is 0.647. The van der Waals surface area contributed by atoms with E-state index in [-0.39, 0.29) is 0 Å². The molecule has 20 heavy (non-hydrogen) atoms. The number of nitrogens with one attached hydrogen (secondary N) is 1. The van der Waals surface area contributed by atoms with Crippen molar-refractivity contribution in [3.8, 4) is 11.5 Å². The molecule has 0 fully saturated rings. The van der Waals surface area contributed by atoms with Crippen molar-refractivity contribution in [2.75, 3.05) is 19.8 Å². The SMILES string of the molecule is CCNC(CCC(C)(C)C)c1ccc2c(c1)OCCO2. The average molecular weight is 277 g/mol. The number of fused-ring (bicyclic) bond motifs is 1. The second-order valence-electron chi connectivity index (χ2n) is 6.61. The molecule has 2 rings (SSSR count). The second kappa shape index (κ2) is 6.49. The minimum Gasteiger partial charge on any atom is -0.486 e. The molecule has 0 spiro atoms. The van der Waals surface area contributed by atoms with Gasteiger partial charge >= 0.3 is 0 Å². The van der Waals surface area contributed by atoms with Crippen LogP contribution in [0.3, 0.4) is 0 Å². The van der Waals surface area contributed by atoms with Gasteiger partial charge in [-0.1, -0.05) is 33.8 Å². The van der Waals surface area contributed by atoms with E-state index in [2.05, 4.69) is 45.1 Å². The molecule has 1 aliphatic heterocycles. The molecule has 1 N–H and O–H groups in total. The number of benzene rings is 1. The molecule has 0 aliphatic carbocycles. The Morgan fingerprint density at radius 1 is 1.15 bits per heavy atom. The van der Waals surface area contributed by atoms with Gasteiger partial charge in [-0.3, -0.25) is 0 Å². The Kier molecular flexibility index (Phi) is 4.92. The zero-order valence-corrected chi connectivity index (χ0v) is 13.2. The predicted octanol–water partition coefficient (Wildman–Crippen LogP) is 3.93. The van der Waals surface area contributed by atoms with Crippen molar-refractivity contribution >= 4 is 0 Å². The summed E-state index contributed by atoms with van der Waals surface area (Å²) in [7, 11) is 0. The van der Waals surface area contributed by atoms with Crippen LogP contribution in [0.2, 0.25) is 0 Å². The summed E-state index contributed by atoms with van der Waals surface area (Å²) >= 11 is 0. The van der Waals surface area contributed by atoms with Gasteiger partial charge in [0.15, 0.2) is 11.5 Å². The molecule has 0 aromatic heterocycles. The Labute approximate surface area is 122 Å². The molecule has 0 bridgehead atoms. The first kappa shape index (κ1) is 15.2. The molecule has 0 saturated heterocycles. The molecule has 0 saturated carbocycles. The van der Waals surface area contributed by atoms with Crippen LogP contribution < -0.4 is 14.8 Å². The molecule has 1 atom stereocenters. The largest absolute Gasteiger partial charge is 0.486 e. The van der Waals surface area contributed by atoms with E-state index in [0.717, 1.165) is 24.5 Å². The van der Waals surface area contributed by atoms with Gasteiger partial charge in [-0.15, -0.1) is 0 Å². The molecule has 112 valence electrons. The highest BCUT2D eigenvalue weighted by molar-refractivity contribution is 5.44. The lowest BCUT2D eigenvalue weighted by Gasteiger charge is -2.25. The van der Waals surface area contributed by atoms with Crippen LogP contribution in [-0.4, -0.2) is 19.8 Å². The molecule has 1 unspecified atom stereocenters. The monoisotopic (exact) mass is 277 g/mol. The maximum absolute atomic E-state index is 5.69. The third-order valence-electron chi connectivity index (χ3n) is 3.60. The Balaban J connectivity index is 2.12. The molecule has 0 radical (unpaired) electrons. The van der Waals surface area contributed by atoms with Gasteiger partial charge in [-0.2, -0.15) is 0 Å². The first-order valence-corrected chi connectivity index (χ1v) is 7.62. The van der Waals surface area contributed by atoms with Gasteiger partial charge in [0.2, 0.25) is 0 Å². The number of hydrogen-bond acceptors (Lipinski definition) is 3. The number of ether oxygens (including phenoxy) is 2. The summed E-state index contributed by atoms with van der Waals surface area (Å²) in [6, 6.07) is 6.70. The molecule has 1 aromatic rings. The first-order valence-electron chi connectivity index (χ1n) is 7.62. The van der Waals surface area contributed by atoms with Gasteiger partial charge in [0, 0.05) is 6.04 Å². The van der Waals surface area contributed by atoms with Crippen LogP contribution in [0.1, 0.15) is 52.1 Å². The number of hydrogen-bond donors (Lipinski definition) is 1. The minimum absolute atomic E-state index is 0.363. The highest BCUT2D eigenvalue weighted by Gasteiger charge is 2.19. The molecular weight excluding hydrogens is 250 g/mol. The van der Waals surface area contributed by atoms with Crippen molar-refractivity contribution in [2.24, 2.45) is 5.41 Å². The first-order chi connectivity index (χ1) is 9.49. The van der Waals surface area contributed by atoms with Crippen molar-refractivity contribution in [3.63, 3.8) is 0 Å². The standard InChI is InChI=1S/C17H27NO2/c1-5-18-14(8-9-17(2,3)4)13-6-7-15-16(12-13)20-11-10-19-15/h6-7,12,14,18H,5,8-11H2,1-4H3. The Morgan fingerprint density at radius 2 is 1.85 bits per heavy atom. The lowest BCUT2D eigenvalue weighted by molar-refractivity contribution is 0.171. The molecule has 1 aromatic carbocycles. The van der Waals surface area contributed by atoms with Crippen molar-refractivity contribution in [2.45, 2.75) is 46.6 Å². The van der Waals surface area contributed by atoms with Crippen molar-refractivity contribution < 1.29 is 9.47 Å². The number of rotatable bonds is 5. The van der Waals surface area contributed by atoms with Crippen LogP contribution in [0, 0.1) is 5.41 Å². The third-order valence-corrected chi connectivity index (χ3v) is 3.60. The minimum atomic E-state index is 0.363. The van der Waals surface area contributed by atoms with Gasteiger partial charge in [0.1, 0.15) is 13.2 Å². The summed E-state index contributed by atoms with van der Waals surface area (Å²) in [5.74, 6) is 1.75. The lowest BCUT2D eigenvalue weighted by Crippen LogP contribution is -2.23. The molecule has 3 heteroatoms. The molecule has 3 nitrogen and oxygen atoms in total. The third kappa shape index (κ3) is 4.14. The molecule has 1 heterocycles. The molecule has 1 aliphatic rings. The van der Waals surface area contributed by atoms with E-state index in [1.54, 1.807) is 0 Å². The van der Waals surface area contributed by atoms with E-state index in [9.17, 15) is 0 Å².